The second-order valence-corrected chi connectivity index (χ2v) is 4.90. The van der Waals surface area contributed by atoms with Gasteiger partial charge in [0.1, 0.15) is 0 Å². The van der Waals surface area contributed by atoms with Crippen LogP contribution in [0.4, 0.5) is 0 Å². The minimum Gasteiger partial charge on any atom is -0.464 e. The summed E-state index contributed by atoms with van der Waals surface area (Å²) in [5.74, 6) is -0.168. The highest BCUT2D eigenvalue weighted by Crippen LogP contribution is 2.24. The molecule has 4 nitrogen and oxygen atoms in total. The third-order valence-corrected chi connectivity index (χ3v) is 2.60. The molecule has 1 aliphatic heterocycles. The quantitative estimate of drug-likeness (QED) is 0.659. The van der Waals surface area contributed by atoms with Crippen LogP contribution in [0.3, 0.4) is 0 Å². The van der Waals surface area contributed by atoms with E-state index in [1.165, 1.54) is 0 Å². The topological polar surface area (TPSA) is 44.1 Å². The highest BCUT2D eigenvalue weighted by Gasteiger charge is 2.29. The first-order chi connectivity index (χ1) is 6.98. The maximum Gasteiger partial charge on any atom is 0.331 e. The maximum absolute atomic E-state index is 11.4. The van der Waals surface area contributed by atoms with Gasteiger partial charge in [-0.1, -0.05) is 20.8 Å². The Kier molecular flexibility index (Phi) is 2.29. The van der Waals surface area contributed by atoms with Crippen molar-refractivity contribution in [2.24, 2.45) is 0 Å². The molecule has 0 aliphatic carbocycles. The summed E-state index contributed by atoms with van der Waals surface area (Å²) in [5.41, 5.74) is 1.02. The molecule has 1 saturated heterocycles. The molecule has 1 aromatic heterocycles. The molecule has 4 heteroatoms. The van der Waals surface area contributed by atoms with Crippen molar-refractivity contribution >= 4 is 5.97 Å². The summed E-state index contributed by atoms with van der Waals surface area (Å²) in [5, 5.41) is 4.43. The molecule has 2 rings (SSSR count). The lowest BCUT2D eigenvalue weighted by Gasteiger charge is -2.14. The fourth-order valence-corrected chi connectivity index (χ4v) is 1.64. The normalized spacial score (nSPS) is 21.8. The molecule has 1 fully saturated rings. The lowest BCUT2D eigenvalue weighted by Crippen LogP contribution is -2.17. The molecule has 15 heavy (non-hydrogen) atoms. The molecule has 82 valence electrons. The fourth-order valence-electron chi connectivity index (χ4n) is 1.64. The first kappa shape index (κ1) is 10.2. The number of cyclic esters (lactones) is 1. The predicted molar refractivity (Wildman–Crippen MR) is 55.5 cm³/mol. The van der Waals surface area contributed by atoms with Gasteiger partial charge in [-0.05, 0) is 6.07 Å². The van der Waals surface area contributed by atoms with Crippen molar-refractivity contribution in [1.82, 2.24) is 9.78 Å². The molecule has 1 unspecified atom stereocenters. The van der Waals surface area contributed by atoms with Crippen molar-refractivity contribution in [3.63, 3.8) is 0 Å². The van der Waals surface area contributed by atoms with Crippen LogP contribution >= 0.6 is 0 Å². The van der Waals surface area contributed by atoms with Crippen LogP contribution in [-0.4, -0.2) is 22.4 Å². The summed E-state index contributed by atoms with van der Waals surface area (Å²) in [4.78, 5) is 11.4. The summed E-state index contributed by atoms with van der Waals surface area (Å²) >= 11 is 0. The van der Waals surface area contributed by atoms with Gasteiger partial charge in [-0.3, -0.25) is 4.68 Å². The number of carbonyl (C=O) groups is 1. The van der Waals surface area contributed by atoms with Gasteiger partial charge in [-0.15, -0.1) is 0 Å². The van der Waals surface area contributed by atoms with E-state index in [0.717, 1.165) is 12.1 Å². The number of carbonyl (C=O) groups excluding carboxylic acids is 1. The number of nitrogens with zero attached hydrogens (tertiary/aromatic N) is 2. The van der Waals surface area contributed by atoms with Gasteiger partial charge in [-0.25, -0.2) is 4.79 Å². The summed E-state index contributed by atoms with van der Waals surface area (Å²) < 4.78 is 6.63. The first-order valence-corrected chi connectivity index (χ1v) is 5.21. The number of rotatable bonds is 1. The Hall–Kier alpha value is -1.32. The van der Waals surface area contributed by atoms with E-state index in [-0.39, 0.29) is 17.4 Å². The van der Waals surface area contributed by atoms with Crippen molar-refractivity contribution in [2.45, 2.75) is 38.6 Å². The Morgan fingerprint density at radius 3 is 2.73 bits per heavy atom. The summed E-state index contributed by atoms with van der Waals surface area (Å²) in [6.07, 6.45) is 2.59. The van der Waals surface area contributed by atoms with Crippen LogP contribution in [0.25, 0.3) is 0 Å². The molecular formula is C11H16N2O2. The predicted octanol–water partition coefficient (Wildman–Crippen LogP) is 1.67. The second kappa shape index (κ2) is 3.36. The molecule has 0 amide bonds. The number of hydrogen-bond donors (Lipinski definition) is 0. The number of esters is 1. The van der Waals surface area contributed by atoms with Crippen LogP contribution in [0.1, 0.15) is 38.9 Å². The van der Waals surface area contributed by atoms with Crippen molar-refractivity contribution in [1.29, 1.82) is 0 Å². The molecule has 0 radical (unpaired) electrons. The molecule has 0 saturated carbocycles. The van der Waals surface area contributed by atoms with Crippen LogP contribution in [0, 0.1) is 0 Å². The standard InChI is InChI=1S/C11H16N2O2/c1-11(2,3)9-4-6-13(12-9)8-5-7-15-10(8)14/h4,6,8H,5,7H2,1-3H3. The van der Waals surface area contributed by atoms with Crippen molar-refractivity contribution < 1.29 is 9.53 Å². The van der Waals surface area contributed by atoms with Gasteiger partial charge >= 0.3 is 5.97 Å². The van der Waals surface area contributed by atoms with Gasteiger partial charge in [0.05, 0.1) is 12.3 Å². The molecule has 1 atom stereocenters. The molecular weight excluding hydrogens is 192 g/mol. The molecule has 0 aromatic carbocycles. The number of aromatic nitrogens is 2. The maximum atomic E-state index is 11.4. The average Bonchev–Trinajstić information content (AvgIpc) is 2.69. The highest BCUT2D eigenvalue weighted by atomic mass is 16.5. The molecule has 2 heterocycles. The zero-order chi connectivity index (χ0) is 11.1. The Balaban J connectivity index is 2.24. The summed E-state index contributed by atoms with van der Waals surface area (Å²) in [7, 11) is 0. The van der Waals surface area contributed by atoms with Gasteiger partial charge in [0.2, 0.25) is 0 Å². The van der Waals surface area contributed by atoms with Crippen LogP contribution in [-0.2, 0) is 14.9 Å². The van der Waals surface area contributed by atoms with E-state index in [0.29, 0.717) is 6.61 Å². The van der Waals surface area contributed by atoms with Crippen molar-refractivity contribution in [3.05, 3.63) is 18.0 Å². The zero-order valence-corrected chi connectivity index (χ0v) is 9.36. The Bertz CT molecular complexity index is 376. The van der Waals surface area contributed by atoms with Crippen LogP contribution in [0.15, 0.2) is 12.3 Å². The molecule has 1 aromatic rings. The zero-order valence-electron chi connectivity index (χ0n) is 9.36. The minimum absolute atomic E-state index is 0.0216. The van der Waals surface area contributed by atoms with Crippen molar-refractivity contribution in [3.8, 4) is 0 Å². The van der Waals surface area contributed by atoms with E-state index in [1.807, 2.05) is 12.3 Å². The molecule has 0 spiro atoms. The van der Waals surface area contributed by atoms with E-state index in [2.05, 4.69) is 25.9 Å². The van der Waals surface area contributed by atoms with Gasteiger partial charge in [0.15, 0.2) is 6.04 Å². The molecule has 0 bridgehead atoms. The highest BCUT2D eigenvalue weighted by molar-refractivity contribution is 5.75. The van der Waals surface area contributed by atoms with E-state index in [1.54, 1.807) is 4.68 Å². The number of hydrogen-bond acceptors (Lipinski definition) is 3. The third-order valence-electron chi connectivity index (χ3n) is 2.60. The first-order valence-electron chi connectivity index (χ1n) is 5.21. The Labute approximate surface area is 89.2 Å². The second-order valence-electron chi connectivity index (χ2n) is 4.90. The summed E-state index contributed by atoms with van der Waals surface area (Å²) in [6, 6.07) is 1.74. The van der Waals surface area contributed by atoms with Crippen LogP contribution < -0.4 is 0 Å². The summed E-state index contributed by atoms with van der Waals surface area (Å²) in [6.45, 7) is 6.82. The molecule has 1 aliphatic rings. The van der Waals surface area contributed by atoms with Crippen molar-refractivity contribution in [2.75, 3.05) is 6.61 Å². The van der Waals surface area contributed by atoms with Gasteiger partial charge in [0, 0.05) is 18.0 Å². The van der Waals surface area contributed by atoms with Gasteiger partial charge in [0.25, 0.3) is 0 Å². The lowest BCUT2D eigenvalue weighted by molar-refractivity contribution is -0.140. The van der Waals surface area contributed by atoms with E-state index < -0.39 is 0 Å². The minimum atomic E-state index is -0.221. The smallest absolute Gasteiger partial charge is 0.331 e. The molecule has 0 N–H and O–H groups in total. The van der Waals surface area contributed by atoms with Crippen LogP contribution in [0.5, 0.6) is 0 Å². The largest absolute Gasteiger partial charge is 0.464 e. The lowest BCUT2D eigenvalue weighted by atomic mass is 9.93. The Morgan fingerprint density at radius 2 is 2.27 bits per heavy atom. The SMILES string of the molecule is CC(C)(C)c1ccn(C2CCOC2=O)n1. The van der Waals surface area contributed by atoms with E-state index in [9.17, 15) is 4.79 Å². The Morgan fingerprint density at radius 1 is 1.53 bits per heavy atom. The van der Waals surface area contributed by atoms with Gasteiger partial charge in [-0.2, -0.15) is 5.10 Å². The van der Waals surface area contributed by atoms with E-state index >= 15 is 0 Å². The third kappa shape index (κ3) is 1.89. The number of ether oxygens (including phenoxy) is 1. The van der Waals surface area contributed by atoms with Gasteiger partial charge < -0.3 is 4.74 Å². The average molecular weight is 208 g/mol. The van der Waals surface area contributed by atoms with E-state index in [4.69, 9.17) is 4.74 Å². The monoisotopic (exact) mass is 208 g/mol. The van der Waals surface area contributed by atoms with Crippen LogP contribution in [0.2, 0.25) is 0 Å². The fraction of sp³-hybridized carbons (Fsp3) is 0.636.